The minimum atomic E-state index is -1.71. The summed E-state index contributed by atoms with van der Waals surface area (Å²) in [4.78, 5) is 52.0. The molecule has 3 fully saturated rings. The molecule has 0 unspecified atom stereocenters. The van der Waals surface area contributed by atoms with E-state index >= 15 is 0 Å². The van der Waals surface area contributed by atoms with Crippen molar-refractivity contribution in [2.75, 3.05) is 0 Å². The van der Waals surface area contributed by atoms with Gasteiger partial charge in [-0.05, 0) is 95.1 Å². The van der Waals surface area contributed by atoms with Crippen LogP contribution in [0.15, 0.2) is 23.8 Å². The molecule has 4 rings (SSSR count). The monoisotopic (exact) mass is 542 g/mol. The number of Topliss-reactive ketones (excluding diaryl/α,β-unsaturated/α-hetero) is 2. The zero-order valence-corrected chi connectivity index (χ0v) is 25.0. The summed E-state index contributed by atoms with van der Waals surface area (Å²) in [5.74, 6) is -1.75. The van der Waals surface area contributed by atoms with Gasteiger partial charge in [-0.2, -0.15) is 0 Å². The van der Waals surface area contributed by atoms with Gasteiger partial charge in [-0.3, -0.25) is 19.2 Å². The summed E-state index contributed by atoms with van der Waals surface area (Å²) >= 11 is 0. The molecule has 0 spiro atoms. The molecule has 0 aromatic rings. The van der Waals surface area contributed by atoms with Crippen LogP contribution in [0, 0.1) is 39.4 Å². The molecule has 2 N–H and O–H groups in total. The van der Waals surface area contributed by atoms with Gasteiger partial charge in [0.15, 0.2) is 11.6 Å². The van der Waals surface area contributed by atoms with Crippen molar-refractivity contribution in [3.63, 3.8) is 0 Å². The van der Waals surface area contributed by atoms with Crippen LogP contribution >= 0.6 is 0 Å². The topological polar surface area (TPSA) is 118 Å². The molecule has 0 radical (unpaired) electrons. The van der Waals surface area contributed by atoms with Gasteiger partial charge in [0.2, 0.25) is 0 Å². The van der Waals surface area contributed by atoms with E-state index in [1.807, 2.05) is 20.8 Å². The summed E-state index contributed by atoms with van der Waals surface area (Å²) in [5.41, 5.74) is -4.28. The van der Waals surface area contributed by atoms with Crippen molar-refractivity contribution in [3.05, 3.63) is 23.8 Å². The minimum absolute atomic E-state index is 0.0458. The number of rotatable bonds is 5. The molecule has 0 aromatic heterocycles. The highest BCUT2D eigenvalue weighted by Gasteiger charge is 2.72. The third-order valence-electron chi connectivity index (χ3n) is 11.6. The number of esters is 1. The second-order valence-electron chi connectivity index (χ2n) is 14.6. The van der Waals surface area contributed by atoms with Gasteiger partial charge in [0.1, 0.15) is 23.1 Å². The third-order valence-corrected chi connectivity index (χ3v) is 11.6. The first kappa shape index (κ1) is 29.9. The SMILES string of the molecule is CC(=O)OC(C)(C)/C=C/C(=O)[C@](C)(O)[C@H]1CC[C@@]2(C)[C@@H]3CC=C4[C@@H](C[C@H](O)C(=O)C4(C)C)[C@]3(C)C(=O)C[C@]12C. The first-order chi connectivity index (χ1) is 17.7. The Morgan fingerprint density at radius 2 is 1.69 bits per heavy atom. The minimum Gasteiger partial charge on any atom is -0.456 e. The fourth-order valence-corrected chi connectivity index (χ4v) is 9.25. The average molecular weight is 543 g/mol. The molecule has 0 amide bonds. The van der Waals surface area contributed by atoms with Crippen molar-refractivity contribution < 1.29 is 34.1 Å². The van der Waals surface area contributed by atoms with Crippen molar-refractivity contribution in [2.24, 2.45) is 39.4 Å². The number of hydrogen-bond donors (Lipinski definition) is 2. The van der Waals surface area contributed by atoms with Gasteiger partial charge in [-0.15, -0.1) is 0 Å². The Morgan fingerprint density at radius 3 is 2.28 bits per heavy atom. The Kier molecular flexibility index (Phi) is 6.84. The molecule has 0 bridgehead atoms. The maximum Gasteiger partial charge on any atom is 0.303 e. The summed E-state index contributed by atoms with van der Waals surface area (Å²) in [7, 11) is 0. The van der Waals surface area contributed by atoms with Gasteiger partial charge in [-0.25, -0.2) is 0 Å². The van der Waals surface area contributed by atoms with Gasteiger partial charge >= 0.3 is 5.97 Å². The molecule has 0 saturated heterocycles. The van der Waals surface area contributed by atoms with Crippen LogP contribution in [0.2, 0.25) is 0 Å². The van der Waals surface area contributed by atoms with Crippen molar-refractivity contribution in [2.45, 2.75) is 112 Å². The number of ketones is 3. The molecule has 4 aliphatic rings. The van der Waals surface area contributed by atoms with E-state index in [0.29, 0.717) is 12.8 Å². The first-order valence-corrected chi connectivity index (χ1v) is 14.3. The van der Waals surface area contributed by atoms with Crippen LogP contribution in [0.1, 0.15) is 94.4 Å². The zero-order valence-electron chi connectivity index (χ0n) is 25.0. The van der Waals surface area contributed by atoms with Crippen LogP contribution in [0.3, 0.4) is 0 Å². The molecule has 3 saturated carbocycles. The predicted octanol–water partition coefficient (Wildman–Crippen LogP) is 4.53. The summed E-state index contributed by atoms with van der Waals surface area (Å²) in [5, 5.41) is 22.5. The van der Waals surface area contributed by atoms with E-state index in [1.165, 1.54) is 19.1 Å². The number of aliphatic hydroxyl groups excluding tert-OH is 1. The molecule has 39 heavy (non-hydrogen) atoms. The highest BCUT2D eigenvalue weighted by atomic mass is 16.6. The van der Waals surface area contributed by atoms with Gasteiger partial charge < -0.3 is 14.9 Å². The Labute approximate surface area is 232 Å². The molecule has 7 nitrogen and oxygen atoms in total. The molecular weight excluding hydrogens is 496 g/mol. The predicted molar refractivity (Wildman–Crippen MR) is 146 cm³/mol. The van der Waals surface area contributed by atoms with Crippen LogP contribution in [0.25, 0.3) is 0 Å². The summed E-state index contributed by atoms with van der Waals surface area (Å²) < 4.78 is 5.26. The number of ether oxygens (including phenoxy) is 1. The Hall–Kier alpha value is -2.12. The number of hydrogen-bond acceptors (Lipinski definition) is 7. The van der Waals surface area contributed by atoms with Crippen molar-refractivity contribution in [1.29, 1.82) is 0 Å². The summed E-state index contributed by atoms with van der Waals surface area (Å²) in [6.45, 7) is 16.2. The standard InChI is InChI=1S/C32H46O7/c1-18(33)39-27(2,3)14-13-24(35)32(9,38)23-12-15-29(6)22-11-10-19-20(16-21(34)26(37)28(19,4)5)31(22,8)25(36)17-30(23,29)7/h10,13-14,20-23,34,38H,11-12,15-17H2,1-9H3/b14-13+/t20-,21+,22+,23+,29+,30-,31+,32-/m1/s1. The maximum absolute atomic E-state index is 14.3. The van der Waals surface area contributed by atoms with Crippen molar-refractivity contribution in [3.8, 4) is 0 Å². The number of aliphatic hydroxyl groups is 2. The lowest BCUT2D eigenvalue weighted by Crippen LogP contribution is -2.65. The zero-order chi connectivity index (χ0) is 29.6. The second kappa shape index (κ2) is 8.94. The van der Waals surface area contributed by atoms with E-state index in [9.17, 15) is 29.4 Å². The van der Waals surface area contributed by atoms with Gasteiger partial charge in [0, 0.05) is 30.1 Å². The van der Waals surface area contributed by atoms with E-state index in [2.05, 4.69) is 19.9 Å². The fraction of sp³-hybridized carbons (Fsp3) is 0.750. The Morgan fingerprint density at radius 1 is 1.08 bits per heavy atom. The van der Waals surface area contributed by atoms with E-state index in [0.717, 1.165) is 12.0 Å². The van der Waals surface area contributed by atoms with Gasteiger partial charge in [0.25, 0.3) is 0 Å². The fourth-order valence-electron chi connectivity index (χ4n) is 9.25. The van der Waals surface area contributed by atoms with Crippen LogP contribution in [-0.4, -0.2) is 50.8 Å². The number of carbonyl (C=O) groups is 4. The highest BCUT2D eigenvalue weighted by molar-refractivity contribution is 5.98. The molecule has 4 aliphatic carbocycles. The Bertz CT molecular complexity index is 1170. The second-order valence-corrected chi connectivity index (χ2v) is 14.6. The summed E-state index contributed by atoms with van der Waals surface area (Å²) in [6.07, 6.45) is 6.32. The third kappa shape index (κ3) is 4.13. The van der Waals surface area contributed by atoms with Gasteiger partial charge in [-0.1, -0.05) is 32.4 Å². The molecular formula is C32H46O7. The average Bonchev–Trinajstić information content (AvgIpc) is 3.07. The van der Waals surface area contributed by atoms with Crippen LogP contribution in [-0.2, 0) is 23.9 Å². The molecule has 8 atom stereocenters. The van der Waals surface area contributed by atoms with Gasteiger partial charge in [0.05, 0.1) is 0 Å². The summed E-state index contributed by atoms with van der Waals surface area (Å²) in [6, 6.07) is 0. The number of fused-ring (bicyclic) bond motifs is 5. The van der Waals surface area contributed by atoms with Crippen LogP contribution in [0.4, 0.5) is 0 Å². The lowest BCUT2D eigenvalue weighted by Gasteiger charge is -2.64. The van der Waals surface area contributed by atoms with E-state index in [1.54, 1.807) is 20.8 Å². The largest absolute Gasteiger partial charge is 0.456 e. The Balaban J connectivity index is 1.71. The number of allylic oxidation sites excluding steroid dienone is 2. The van der Waals surface area contributed by atoms with E-state index < -0.39 is 51.2 Å². The maximum atomic E-state index is 14.3. The molecule has 0 aromatic carbocycles. The van der Waals surface area contributed by atoms with E-state index in [4.69, 9.17) is 4.74 Å². The number of carbonyl (C=O) groups excluding carboxylic acids is 4. The molecule has 7 heteroatoms. The first-order valence-electron chi connectivity index (χ1n) is 14.3. The van der Waals surface area contributed by atoms with E-state index in [-0.39, 0.29) is 41.7 Å². The highest BCUT2D eigenvalue weighted by Crippen LogP contribution is 2.74. The smallest absolute Gasteiger partial charge is 0.303 e. The molecule has 0 aliphatic heterocycles. The quantitative estimate of drug-likeness (QED) is 0.298. The van der Waals surface area contributed by atoms with Crippen LogP contribution in [0.5, 0.6) is 0 Å². The molecule has 0 heterocycles. The lowest BCUT2D eigenvalue weighted by atomic mass is 9.38. The van der Waals surface area contributed by atoms with Crippen molar-refractivity contribution >= 4 is 23.3 Å². The van der Waals surface area contributed by atoms with Crippen LogP contribution < -0.4 is 0 Å². The molecule has 216 valence electrons. The normalized spacial score (nSPS) is 41.3. The van der Waals surface area contributed by atoms with Crippen molar-refractivity contribution in [1.82, 2.24) is 0 Å². The lowest BCUT2D eigenvalue weighted by molar-refractivity contribution is -0.182.